The number of benzene rings is 2. The number of phenolic OH excluding ortho intramolecular Hbond substituents is 2. The number of alkyl halides is 3. The molecule has 3 rings (SSSR count). The van der Waals surface area contributed by atoms with Gasteiger partial charge in [-0.1, -0.05) is 0 Å². The second-order valence-electron chi connectivity index (χ2n) is 5.29. The Morgan fingerprint density at radius 3 is 2.42 bits per heavy atom. The van der Waals surface area contributed by atoms with Crippen molar-refractivity contribution in [3.63, 3.8) is 0 Å². The summed E-state index contributed by atoms with van der Waals surface area (Å²) in [5, 5.41) is 34.5. The Hall–Kier alpha value is -3.56. The largest absolute Gasteiger partial charge is 0.508 e. The zero-order valence-electron chi connectivity index (χ0n) is 12.8. The van der Waals surface area contributed by atoms with Gasteiger partial charge in [0.1, 0.15) is 17.2 Å². The van der Waals surface area contributed by atoms with Crippen molar-refractivity contribution in [2.75, 3.05) is 0 Å². The summed E-state index contributed by atoms with van der Waals surface area (Å²) in [5.74, 6) is -0.515. The fourth-order valence-electron chi connectivity index (χ4n) is 2.46. The van der Waals surface area contributed by atoms with Gasteiger partial charge in [0.05, 0.1) is 22.4 Å². The lowest BCUT2D eigenvalue weighted by atomic mass is 10.1. The van der Waals surface area contributed by atoms with E-state index in [1.165, 1.54) is 24.4 Å². The number of nitro groups is 1. The van der Waals surface area contributed by atoms with Crippen LogP contribution in [0.2, 0.25) is 0 Å². The van der Waals surface area contributed by atoms with Gasteiger partial charge in [0.15, 0.2) is 0 Å². The van der Waals surface area contributed by atoms with Crippen LogP contribution >= 0.6 is 0 Å². The van der Waals surface area contributed by atoms with Gasteiger partial charge in [-0.25, -0.2) is 4.68 Å². The first-order chi connectivity index (χ1) is 12.2. The van der Waals surface area contributed by atoms with Crippen molar-refractivity contribution in [1.29, 1.82) is 0 Å². The number of hydrogen-bond donors (Lipinski definition) is 2. The second-order valence-corrected chi connectivity index (χ2v) is 5.29. The summed E-state index contributed by atoms with van der Waals surface area (Å²) in [5.41, 5.74) is -1.76. The zero-order chi connectivity index (χ0) is 19.1. The van der Waals surface area contributed by atoms with Crippen molar-refractivity contribution >= 4 is 5.69 Å². The fourth-order valence-corrected chi connectivity index (χ4v) is 2.46. The molecule has 134 valence electrons. The van der Waals surface area contributed by atoms with E-state index in [0.29, 0.717) is 12.1 Å². The second kappa shape index (κ2) is 6.06. The Morgan fingerprint density at radius 1 is 1.08 bits per heavy atom. The number of halogens is 3. The molecule has 0 atom stereocenters. The third-order valence-electron chi connectivity index (χ3n) is 3.63. The number of nitro benzene ring substituents is 1. The number of nitrogens with zero attached hydrogens (tertiary/aromatic N) is 3. The van der Waals surface area contributed by atoms with Gasteiger partial charge in [0, 0.05) is 17.7 Å². The number of rotatable bonds is 3. The SMILES string of the molecule is O=[N+]([O-])c1cc(C(F)(F)F)ccc1-n1nccc1-c1ccc(O)cc1O. The molecular formula is C16H10F3N3O4. The van der Waals surface area contributed by atoms with E-state index in [4.69, 9.17) is 0 Å². The molecule has 0 unspecified atom stereocenters. The van der Waals surface area contributed by atoms with E-state index < -0.39 is 22.4 Å². The summed E-state index contributed by atoms with van der Waals surface area (Å²) in [6, 6.07) is 7.21. The van der Waals surface area contributed by atoms with Crippen LogP contribution in [0.4, 0.5) is 18.9 Å². The standard InChI is InChI=1S/C16H10F3N3O4/c17-16(18,19)9-1-4-13(14(7-9)22(25)26)21-12(5-6-20-21)11-3-2-10(23)8-15(11)24/h1-8,23-24H. The van der Waals surface area contributed by atoms with Crippen LogP contribution in [-0.2, 0) is 6.18 Å². The topological polar surface area (TPSA) is 101 Å². The van der Waals surface area contributed by atoms with Crippen LogP contribution in [0, 0.1) is 10.1 Å². The number of aromatic nitrogens is 2. The van der Waals surface area contributed by atoms with Crippen LogP contribution in [0.5, 0.6) is 11.5 Å². The highest BCUT2D eigenvalue weighted by Crippen LogP contribution is 2.37. The average Bonchev–Trinajstić information content (AvgIpc) is 3.02. The minimum Gasteiger partial charge on any atom is -0.508 e. The van der Waals surface area contributed by atoms with Gasteiger partial charge in [0.25, 0.3) is 5.69 Å². The maximum atomic E-state index is 12.8. The summed E-state index contributed by atoms with van der Waals surface area (Å²) in [7, 11) is 0. The summed E-state index contributed by atoms with van der Waals surface area (Å²) >= 11 is 0. The molecule has 10 heteroatoms. The van der Waals surface area contributed by atoms with Gasteiger partial charge in [-0.05, 0) is 30.3 Å². The first-order valence-electron chi connectivity index (χ1n) is 7.11. The molecule has 0 aliphatic carbocycles. The van der Waals surface area contributed by atoms with Gasteiger partial charge in [-0.15, -0.1) is 0 Å². The van der Waals surface area contributed by atoms with Gasteiger partial charge < -0.3 is 10.2 Å². The van der Waals surface area contributed by atoms with E-state index in [1.54, 1.807) is 0 Å². The van der Waals surface area contributed by atoms with Gasteiger partial charge in [0.2, 0.25) is 0 Å². The minimum absolute atomic E-state index is 0.189. The highest BCUT2D eigenvalue weighted by Gasteiger charge is 2.33. The molecule has 0 aliphatic heterocycles. The highest BCUT2D eigenvalue weighted by atomic mass is 19.4. The maximum Gasteiger partial charge on any atom is 0.416 e. The van der Waals surface area contributed by atoms with E-state index in [1.807, 2.05) is 0 Å². The van der Waals surface area contributed by atoms with E-state index in [9.17, 15) is 33.5 Å². The smallest absolute Gasteiger partial charge is 0.416 e. The predicted molar refractivity (Wildman–Crippen MR) is 84.0 cm³/mol. The molecule has 0 fully saturated rings. The van der Waals surface area contributed by atoms with Crippen molar-refractivity contribution in [3.8, 4) is 28.4 Å². The van der Waals surface area contributed by atoms with Crippen molar-refractivity contribution in [3.05, 3.63) is 64.3 Å². The lowest BCUT2D eigenvalue weighted by Gasteiger charge is -2.12. The summed E-state index contributed by atoms with van der Waals surface area (Å²) < 4.78 is 39.6. The van der Waals surface area contributed by atoms with E-state index in [2.05, 4.69) is 5.10 Å². The van der Waals surface area contributed by atoms with Crippen LogP contribution in [0.1, 0.15) is 5.56 Å². The van der Waals surface area contributed by atoms with Crippen molar-refractivity contribution in [1.82, 2.24) is 9.78 Å². The quantitative estimate of drug-likeness (QED) is 0.542. The molecule has 0 saturated heterocycles. The molecule has 0 bridgehead atoms. The first-order valence-corrected chi connectivity index (χ1v) is 7.11. The lowest BCUT2D eigenvalue weighted by Crippen LogP contribution is -2.09. The molecule has 1 aromatic heterocycles. The molecule has 1 heterocycles. The first kappa shape index (κ1) is 17.3. The molecule has 0 amide bonds. The predicted octanol–water partition coefficient (Wildman–Crippen LogP) is 3.88. The molecule has 7 nitrogen and oxygen atoms in total. The van der Waals surface area contributed by atoms with Gasteiger partial charge >= 0.3 is 6.18 Å². The third kappa shape index (κ3) is 3.04. The molecule has 0 spiro atoms. The van der Waals surface area contributed by atoms with Crippen molar-refractivity contribution in [2.45, 2.75) is 6.18 Å². The Labute approximate surface area is 143 Å². The average molecular weight is 365 g/mol. The van der Waals surface area contributed by atoms with Crippen LogP contribution in [0.25, 0.3) is 16.9 Å². The van der Waals surface area contributed by atoms with Crippen LogP contribution in [0.3, 0.4) is 0 Å². The Morgan fingerprint density at radius 2 is 1.81 bits per heavy atom. The monoisotopic (exact) mass is 365 g/mol. The van der Waals surface area contributed by atoms with E-state index in [0.717, 1.165) is 16.8 Å². The van der Waals surface area contributed by atoms with Crippen LogP contribution in [-0.4, -0.2) is 24.9 Å². The fraction of sp³-hybridized carbons (Fsp3) is 0.0625. The maximum absolute atomic E-state index is 12.8. The lowest BCUT2D eigenvalue weighted by molar-refractivity contribution is -0.384. The molecule has 2 N–H and O–H groups in total. The van der Waals surface area contributed by atoms with E-state index >= 15 is 0 Å². The molecule has 3 aromatic rings. The molecule has 26 heavy (non-hydrogen) atoms. The molecular weight excluding hydrogens is 355 g/mol. The molecule has 0 aliphatic rings. The van der Waals surface area contributed by atoms with Crippen LogP contribution in [0.15, 0.2) is 48.7 Å². The molecule has 0 radical (unpaired) electrons. The summed E-state index contributed by atoms with van der Waals surface area (Å²) in [6.45, 7) is 0. The van der Waals surface area contributed by atoms with Crippen LogP contribution < -0.4 is 0 Å². The zero-order valence-corrected chi connectivity index (χ0v) is 12.8. The van der Waals surface area contributed by atoms with Crippen molar-refractivity contribution in [2.24, 2.45) is 0 Å². The highest BCUT2D eigenvalue weighted by molar-refractivity contribution is 5.71. The number of hydrogen-bond acceptors (Lipinski definition) is 5. The third-order valence-corrected chi connectivity index (χ3v) is 3.63. The Balaban J connectivity index is 2.20. The molecule has 0 saturated carbocycles. The van der Waals surface area contributed by atoms with Gasteiger partial charge in [-0.2, -0.15) is 18.3 Å². The van der Waals surface area contributed by atoms with E-state index in [-0.39, 0.29) is 28.4 Å². The number of phenols is 2. The Kier molecular flexibility index (Phi) is 4.03. The van der Waals surface area contributed by atoms with Crippen molar-refractivity contribution < 1.29 is 28.3 Å². The van der Waals surface area contributed by atoms with Gasteiger partial charge in [-0.3, -0.25) is 10.1 Å². The summed E-state index contributed by atoms with van der Waals surface area (Å²) in [6.07, 6.45) is -3.45. The minimum atomic E-state index is -4.73. The molecule has 2 aromatic carbocycles. The summed E-state index contributed by atoms with van der Waals surface area (Å²) in [4.78, 5) is 10.3. The normalized spacial score (nSPS) is 11.5. The Bertz CT molecular complexity index is 999. The number of aromatic hydroxyl groups is 2.